The standard InChI is InChI=1S/C17H17BrO3/c1-10-3-4-11(7-14(10)18)16-9-15(19)13-6-5-12(20-2)8-17(13)21-16/h3-8,15-16,19H,9H2,1-2H3. The van der Waals surface area contributed by atoms with E-state index in [0.29, 0.717) is 12.2 Å². The number of ether oxygens (including phenoxy) is 2. The summed E-state index contributed by atoms with van der Waals surface area (Å²) < 4.78 is 12.3. The van der Waals surface area contributed by atoms with Gasteiger partial charge in [-0.25, -0.2) is 0 Å². The second-order valence-corrected chi connectivity index (χ2v) is 6.12. The molecule has 0 radical (unpaired) electrons. The molecule has 2 aromatic carbocycles. The molecule has 1 heterocycles. The zero-order valence-corrected chi connectivity index (χ0v) is 13.6. The number of methoxy groups -OCH3 is 1. The highest BCUT2D eigenvalue weighted by molar-refractivity contribution is 9.10. The fourth-order valence-electron chi connectivity index (χ4n) is 2.56. The number of fused-ring (bicyclic) bond motifs is 1. The Morgan fingerprint density at radius 3 is 2.76 bits per heavy atom. The van der Waals surface area contributed by atoms with Crippen molar-refractivity contribution in [2.24, 2.45) is 0 Å². The zero-order chi connectivity index (χ0) is 15.0. The molecule has 1 N–H and O–H groups in total. The summed E-state index contributed by atoms with van der Waals surface area (Å²) in [5.74, 6) is 1.42. The average molecular weight is 349 g/mol. The van der Waals surface area contributed by atoms with Crippen molar-refractivity contribution in [3.8, 4) is 11.5 Å². The quantitative estimate of drug-likeness (QED) is 0.877. The number of hydrogen-bond acceptors (Lipinski definition) is 3. The van der Waals surface area contributed by atoms with Gasteiger partial charge >= 0.3 is 0 Å². The van der Waals surface area contributed by atoms with E-state index >= 15 is 0 Å². The van der Waals surface area contributed by atoms with Crippen LogP contribution in [-0.2, 0) is 0 Å². The maximum absolute atomic E-state index is 10.3. The fraction of sp³-hybridized carbons (Fsp3) is 0.294. The highest BCUT2D eigenvalue weighted by Crippen LogP contribution is 2.42. The third-order valence-electron chi connectivity index (χ3n) is 3.85. The van der Waals surface area contributed by atoms with E-state index in [1.165, 1.54) is 5.56 Å². The number of aryl methyl sites for hydroxylation is 1. The van der Waals surface area contributed by atoms with Crippen LogP contribution in [0, 0.1) is 6.92 Å². The van der Waals surface area contributed by atoms with Gasteiger partial charge in [0.05, 0.1) is 13.2 Å². The minimum Gasteiger partial charge on any atom is -0.497 e. The number of halogens is 1. The van der Waals surface area contributed by atoms with Crippen molar-refractivity contribution >= 4 is 15.9 Å². The van der Waals surface area contributed by atoms with Gasteiger partial charge in [0.15, 0.2) is 0 Å². The lowest BCUT2D eigenvalue weighted by atomic mass is 9.94. The van der Waals surface area contributed by atoms with Crippen molar-refractivity contribution in [3.63, 3.8) is 0 Å². The van der Waals surface area contributed by atoms with Crippen molar-refractivity contribution in [2.75, 3.05) is 7.11 Å². The van der Waals surface area contributed by atoms with E-state index in [4.69, 9.17) is 9.47 Å². The number of aliphatic hydroxyl groups excluding tert-OH is 1. The van der Waals surface area contributed by atoms with Gasteiger partial charge in [-0.2, -0.15) is 0 Å². The molecule has 3 rings (SSSR count). The van der Waals surface area contributed by atoms with E-state index in [1.54, 1.807) is 7.11 Å². The molecular weight excluding hydrogens is 332 g/mol. The predicted molar refractivity (Wildman–Crippen MR) is 84.8 cm³/mol. The maximum atomic E-state index is 10.3. The van der Waals surface area contributed by atoms with Gasteiger partial charge in [0, 0.05) is 22.5 Å². The van der Waals surface area contributed by atoms with Crippen LogP contribution >= 0.6 is 15.9 Å². The van der Waals surface area contributed by atoms with E-state index in [2.05, 4.69) is 28.1 Å². The monoisotopic (exact) mass is 348 g/mol. The molecule has 0 spiro atoms. The van der Waals surface area contributed by atoms with Crippen molar-refractivity contribution in [2.45, 2.75) is 25.6 Å². The molecule has 0 bridgehead atoms. The topological polar surface area (TPSA) is 38.7 Å². The molecule has 0 amide bonds. The summed E-state index contributed by atoms with van der Waals surface area (Å²) in [7, 11) is 1.62. The summed E-state index contributed by atoms with van der Waals surface area (Å²) in [5.41, 5.74) is 3.05. The van der Waals surface area contributed by atoms with Gasteiger partial charge < -0.3 is 14.6 Å². The number of hydrogen-bond donors (Lipinski definition) is 1. The Labute approximate surface area is 132 Å². The van der Waals surface area contributed by atoms with Gasteiger partial charge in [-0.1, -0.05) is 28.1 Å². The zero-order valence-electron chi connectivity index (χ0n) is 12.0. The lowest BCUT2D eigenvalue weighted by Crippen LogP contribution is -2.19. The summed E-state index contributed by atoms with van der Waals surface area (Å²) in [6.07, 6.45) is -0.129. The van der Waals surface area contributed by atoms with Crippen molar-refractivity contribution in [1.82, 2.24) is 0 Å². The van der Waals surface area contributed by atoms with Gasteiger partial charge in [-0.3, -0.25) is 0 Å². The number of rotatable bonds is 2. The Hall–Kier alpha value is -1.52. The molecule has 0 fully saturated rings. The SMILES string of the molecule is COc1ccc2c(c1)OC(c1ccc(C)c(Br)c1)CC2O. The first-order valence-electron chi connectivity index (χ1n) is 6.87. The van der Waals surface area contributed by atoms with E-state index in [0.717, 1.165) is 21.3 Å². The molecule has 110 valence electrons. The summed E-state index contributed by atoms with van der Waals surface area (Å²) in [4.78, 5) is 0. The highest BCUT2D eigenvalue weighted by atomic mass is 79.9. The fourth-order valence-corrected chi connectivity index (χ4v) is 2.96. The minimum absolute atomic E-state index is 0.156. The normalized spacial score (nSPS) is 20.6. The van der Waals surface area contributed by atoms with Crippen LogP contribution in [0.25, 0.3) is 0 Å². The van der Waals surface area contributed by atoms with Gasteiger partial charge in [0.2, 0.25) is 0 Å². The first-order valence-corrected chi connectivity index (χ1v) is 7.66. The second-order valence-electron chi connectivity index (χ2n) is 5.27. The van der Waals surface area contributed by atoms with E-state index in [9.17, 15) is 5.11 Å². The van der Waals surface area contributed by atoms with Crippen LogP contribution in [0.4, 0.5) is 0 Å². The molecule has 0 saturated heterocycles. The minimum atomic E-state index is -0.523. The lowest BCUT2D eigenvalue weighted by molar-refractivity contribution is 0.0654. The van der Waals surface area contributed by atoms with Crippen molar-refractivity contribution in [3.05, 3.63) is 57.6 Å². The molecule has 21 heavy (non-hydrogen) atoms. The van der Waals surface area contributed by atoms with Crippen LogP contribution in [0.15, 0.2) is 40.9 Å². The molecule has 0 aliphatic carbocycles. The van der Waals surface area contributed by atoms with Gasteiger partial charge in [0.25, 0.3) is 0 Å². The van der Waals surface area contributed by atoms with Crippen molar-refractivity contribution < 1.29 is 14.6 Å². The van der Waals surface area contributed by atoms with Gasteiger partial charge in [-0.05, 0) is 36.2 Å². The maximum Gasteiger partial charge on any atom is 0.129 e. The van der Waals surface area contributed by atoms with Crippen molar-refractivity contribution in [1.29, 1.82) is 0 Å². The Morgan fingerprint density at radius 2 is 2.05 bits per heavy atom. The largest absolute Gasteiger partial charge is 0.497 e. The second kappa shape index (κ2) is 5.70. The Bertz CT molecular complexity index is 669. The van der Waals surface area contributed by atoms with E-state index < -0.39 is 6.10 Å². The predicted octanol–water partition coefficient (Wildman–Crippen LogP) is 4.32. The smallest absolute Gasteiger partial charge is 0.129 e. The highest BCUT2D eigenvalue weighted by Gasteiger charge is 2.28. The molecule has 2 aromatic rings. The third kappa shape index (κ3) is 2.78. The summed E-state index contributed by atoms with van der Waals surface area (Å²) in [6, 6.07) is 11.7. The number of benzene rings is 2. The number of aliphatic hydroxyl groups is 1. The average Bonchev–Trinajstić information content (AvgIpc) is 2.49. The molecule has 0 saturated carbocycles. The van der Waals surface area contributed by atoms with E-state index in [-0.39, 0.29) is 6.10 Å². The molecule has 2 atom stereocenters. The van der Waals surface area contributed by atoms with Gasteiger partial charge in [-0.15, -0.1) is 0 Å². The lowest BCUT2D eigenvalue weighted by Gasteiger charge is -2.30. The van der Waals surface area contributed by atoms with Gasteiger partial charge in [0.1, 0.15) is 17.6 Å². The van der Waals surface area contributed by atoms with Crippen LogP contribution in [0.1, 0.15) is 35.3 Å². The Balaban J connectivity index is 1.94. The van der Waals surface area contributed by atoms with Crippen LogP contribution in [0.2, 0.25) is 0 Å². The molecule has 3 nitrogen and oxygen atoms in total. The van der Waals surface area contributed by atoms with E-state index in [1.807, 2.05) is 31.2 Å². The molecule has 4 heteroatoms. The Kier molecular flexibility index (Phi) is 3.91. The van der Waals surface area contributed by atoms with Crippen LogP contribution in [0.5, 0.6) is 11.5 Å². The summed E-state index contributed by atoms with van der Waals surface area (Å²) >= 11 is 3.54. The van der Waals surface area contributed by atoms with Crippen LogP contribution < -0.4 is 9.47 Å². The molecule has 1 aliphatic rings. The van der Waals surface area contributed by atoms with Crippen LogP contribution in [0.3, 0.4) is 0 Å². The Morgan fingerprint density at radius 1 is 1.24 bits per heavy atom. The first-order chi connectivity index (χ1) is 10.1. The summed E-state index contributed by atoms with van der Waals surface area (Å²) in [5, 5.41) is 10.3. The first kappa shape index (κ1) is 14.4. The molecule has 0 aromatic heterocycles. The molecule has 1 aliphatic heterocycles. The van der Waals surface area contributed by atoms with Crippen LogP contribution in [-0.4, -0.2) is 12.2 Å². The summed E-state index contributed by atoms with van der Waals surface area (Å²) in [6.45, 7) is 2.05. The molecular formula is C17H17BrO3. The third-order valence-corrected chi connectivity index (χ3v) is 4.71. The molecule has 2 unspecified atom stereocenters.